The smallest absolute Gasteiger partial charge is 0.191 e. The first-order valence-electron chi connectivity index (χ1n) is 75.6. The second-order valence-corrected chi connectivity index (χ2v) is 32.4. The van der Waals surface area contributed by atoms with Crippen LogP contribution in [-0.2, 0) is 18.9 Å². The van der Waals surface area contributed by atoms with Crippen LogP contribution in [0.25, 0.3) is 44.7 Å². The summed E-state index contributed by atoms with van der Waals surface area (Å²) < 4.78 is 651. The second kappa shape index (κ2) is 47.3. The predicted octanol–water partition coefficient (Wildman–Crippen LogP) is 8.73. The highest BCUT2D eigenvalue weighted by Crippen LogP contribution is 2.50. The van der Waals surface area contributed by atoms with Crippen molar-refractivity contribution in [2.45, 2.75) is 297 Å². The Bertz CT molecular complexity index is 10200. The average molecular weight is 2140 g/mol. The highest BCUT2D eigenvalue weighted by molar-refractivity contribution is 7.99. The molecule has 0 amide bonds. The van der Waals surface area contributed by atoms with Gasteiger partial charge in [0.2, 0.25) is 0 Å². The number of aromatic nitrogens is 20. The SMILES string of the molecule is [2H]c1c([2H])c([C@]2([2H])C([2H])([2H])[C@@]2([2H])Nc2nc(SC([2H])([2H])CC)nc3c2nnn3[C@]2([2H])C([2H])([2H])[C@]([2H])(OC([2H])([2H])C([2H])([2H])O)[C@@]([2H])(O)[C@@]2([2H])O)c([2H])c(F)c1C.[2H]c1c([2H])c([C@]2([2H])C([2H])([2H])[C@@]2([2H])Nc2nc(SC([2H])([2H])CC)nc3c2nnn3[C@]2([2H])C([2H])([2H])[C@]([2H])(OC([2H])([2H])CO)[C@@]([2H])(O)[C@@]2([2H])O)c([2H])c(F)c1C.[2H]c1c([2H])c([C@]2([2H])C([2H])([2H])[C@@]2([2H])Nc2nc(SC([2H])([2H])CC)nc3c2nnn3[C@]2([2H])C([2H])([2H])[C@]([2H])(OCC([2H])([2H])O)[C@@]([2H])(O)[C@@]2([2H])O)c([2H])c(F)c1C.[2H]c1c([2H])c([C@]2([2H])C([2H])([2H])[C@@]2([2H])Nc2nc(SC([2H])([2H])CC)nc3c2nnn3[C@]2([2H])C([2H])([2H])[C@]([2H])(OCCO)[C@@]([2H])(O)[C@@]2([2H])O)c([2H])c(F)c1C. The number of rotatable bonds is 40. The number of hydrogen-bond donors (Lipinski definition) is 16. The van der Waals surface area contributed by atoms with E-state index in [2.05, 4.69) is 112 Å². The molecule has 0 aliphatic heterocycles. The van der Waals surface area contributed by atoms with Crippen LogP contribution in [0.15, 0.2) is 93.1 Å². The van der Waals surface area contributed by atoms with Gasteiger partial charge in [-0.15, -0.1) is 20.4 Å². The van der Waals surface area contributed by atoms with Gasteiger partial charge < -0.3 is 101 Å². The van der Waals surface area contributed by atoms with Crippen LogP contribution in [-0.4, -0.2) is 334 Å². The summed E-state index contributed by atoms with van der Waals surface area (Å²) in [5.41, 5.74) is -21.4. The van der Waals surface area contributed by atoms with Crippen LogP contribution in [0.4, 0.5) is 40.8 Å². The van der Waals surface area contributed by atoms with Crippen molar-refractivity contribution in [1.29, 1.82) is 0 Å². The Labute approximate surface area is 939 Å². The summed E-state index contributed by atoms with van der Waals surface area (Å²) in [6.45, 7) is -9.92. The molecule has 0 radical (unpaired) electrons. The van der Waals surface area contributed by atoms with Gasteiger partial charge in [-0.2, -0.15) is 0 Å². The number of thioether (sulfide) groups is 4. The Kier molecular flexibility index (Phi) is 16.5. The van der Waals surface area contributed by atoms with Gasteiger partial charge in [-0.3, -0.25) is 0 Å². The van der Waals surface area contributed by atoms with Gasteiger partial charge in [0.1, 0.15) is 71.9 Å². The monoisotopic (exact) mass is 2140 g/mol. The standard InChI is InChI=1S/4C24H31FN6O4S/c4*1-3-8-36-24-27-22(26-16-10-14(16)13-5-4-12(2)15(25)9-13)19-23(28-24)31(30-29-19)17-11-18(35-7-6-32)21(34)20(17)33/h4*4-5,9,14,16-18,20-21,32-34H,3,6-8,10-11H2,1-2H3,(H,26,27,28)/t4*14-,16+,17+,18-,20-,21+/m0000/s1/i4D,5D,6D2,7D2,8D2,9D,10D2,11D2,14D,16D,17D,18D,20D,21D;4D,5D,7D2,8D2,9D,10D2,11D2,14D,16D,17D,18D,20D,21D;4D,5D,6D2,8D2,9D,10D2,11D2,14D,16D,17D,18D,20D,21D;4D,5D,8D2,9D,10D2,11D2,14D,16D,17D,18D,20D,21D. The van der Waals surface area contributed by atoms with Gasteiger partial charge in [0.15, 0.2) is 88.6 Å². The van der Waals surface area contributed by atoms with Crippen LogP contribution in [0.2, 0.25) is 0 Å². The summed E-state index contributed by atoms with van der Waals surface area (Å²) in [5, 5.41) is 162. The van der Waals surface area contributed by atoms with Gasteiger partial charge in [0.25, 0.3) is 0 Å². The number of nitrogens with zero attached hydrogens (tertiary/aromatic N) is 20. The second-order valence-electron chi connectivity index (χ2n) is 29.0. The van der Waals surface area contributed by atoms with Crippen molar-refractivity contribution >= 4 is 115 Å². The van der Waals surface area contributed by atoms with Crippen LogP contribution in [0.1, 0.15) is 290 Å². The van der Waals surface area contributed by atoms with Gasteiger partial charge in [-0.05, 0) is 148 Å². The summed E-state index contributed by atoms with van der Waals surface area (Å²) in [6, 6.07) is -39.4. The number of nitrogens with one attached hydrogen (secondary N) is 4. The normalized spacial score (nSPS) is 50.3. The van der Waals surface area contributed by atoms with Crippen LogP contribution in [0.5, 0.6) is 0 Å². The number of fused-ring (bicyclic) bond motifs is 4. The molecule has 8 aromatic heterocycles. The number of aliphatic hydroxyl groups is 12. The largest absolute Gasteiger partial charge is 0.394 e. The van der Waals surface area contributed by atoms with Gasteiger partial charge >= 0.3 is 0 Å². The quantitative estimate of drug-likeness (QED) is 0.00969. The molecule has 20 rings (SSSR count). The van der Waals surface area contributed by atoms with Crippen LogP contribution in [0, 0.1) is 51.0 Å². The highest BCUT2D eigenvalue weighted by Gasteiger charge is 2.51. The molecule has 144 heavy (non-hydrogen) atoms. The third-order valence-corrected chi connectivity index (χ3v) is 22.5. The zero-order valence-electron chi connectivity index (χ0n) is 143. The molecule has 0 unspecified atom stereocenters. The first kappa shape index (κ1) is 50.2. The van der Waals surface area contributed by atoms with E-state index >= 15 is 0 Å². The third-order valence-electron chi connectivity index (χ3n) is 19.3. The molecule has 776 valence electrons. The van der Waals surface area contributed by atoms with E-state index in [1.165, 1.54) is 27.7 Å². The average Bonchev–Trinajstić information content (AvgIpc) is 1.46. The lowest BCUT2D eigenvalue weighted by Gasteiger charge is -2.17. The molecule has 0 bridgehead atoms. The number of benzene rings is 4. The zero-order chi connectivity index (χ0) is 163. The lowest BCUT2D eigenvalue weighted by molar-refractivity contribution is -0.0629. The number of anilines is 4. The van der Waals surface area contributed by atoms with E-state index in [9.17, 15) is 78.8 Å². The number of ether oxygens (including phenoxy) is 4. The van der Waals surface area contributed by atoms with Gasteiger partial charge in [-0.1, -0.05) is 144 Å². The molecule has 48 heteroatoms. The molecule has 12 aromatic rings. The summed E-state index contributed by atoms with van der Waals surface area (Å²) in [6.07, 6.45) is -79.5. The molecule has 8 aliphatic carbocycles. The van der Waals surface area contributed by atoms with E-state index in [0.717, 1.165) is 27.7 Å². The molecule has 16 N–H and O–H groups in total. The van der Waals surface area contributed by atoms with E-state index in [1.807, 2.05) is 0 Å². The first-order valence-corrected chi connectivity index (χ1v) is 44.9. The van der Waals surface area contributed by atoms with Crippen molar-refractivity contribution in [3.8, 4) is 0 Å². The minimum Gasteiger partial charge on any atom is -0.394 e. The topological polar surface area (TPSA) is 554 Å². The third kappa shape index (κ3) is 23.8. The van der Waals surface area contributed by atoms with Crippen LogP contribution < -0.4 is 21.3 Å². The van der Waals surface area contributed by atoms with E-state index in [0.29, 0.717) is 11.8 Å². The number of halogens is 4. The first-order chi connectivity index (χ1) is 95.0. The fourth-order valence-corrected chi connectivity index (χ4v) is 14.5. The lowest BCUT2D eigenvalue weighted by Crippen LogP contribution is -2.33. The maximum atomic E-state index is 15.0. The van der Waals surface area contributed by atoms with Crippen molar-refractivity contribution in [3.05, 3.63) is 140 Å². The Morgan fingerprint density at radius 2 is 0.611 bits per heavy atom. The molecule has 8 fully saturated rings. The molecular weight excluding hydrogens is 1950 g/mol. The molecule has 0 saturated heterocycles. The highest BCUT2D eigenvalue weighted by atomic mass is 32.2. The minimum absolute atomic E-state index is 0.00183. The molecular formula is C96H124F4N24O16S4. The van der Waals surface area contributed by atoms with E-state index in [4.69, 9.17) is 103 Å². The minimum atomic E-state index is -4.48. The van der Waals surface area contributed by atoms with Gasteiger partial charge in [-0.25, -0.2) is 76.2 Å². The Hall–Kier alpha value is -9.52. The molecule has 8 saturated carbocycles. The van der Waals surface area contributed by atoms with Crippen molar-refractivity contribution in [1.82, 2.24) is 99.8 Å². The maximum absolute atomic E-state index is 15.0. The predicted molar refractivity (Wildman–Crippen MR) is 530 cm³/mol. The fourth-order valence-electron chi connectivity index (χ4n) is 12.3. The van der Waals surface area contributed by atoms with Crippen molar-refractivity contribution < 1.29 is 191 Å². The summed E-state index contributed by atoms with van der Waals surface area (Å²) in [7, 11) is 0. The van der Waals surface area contributed by atoms with Crippen LogP contribution in [0.3, 0.4) is 0 Å². The van der Waals surface area contributed by atoms with Gasteiger partial charge in [0.05, 0.1) is 156 Å². The molecule has 40 nitrogen and oxygen atoms in total. The van der Waals surface area contributed by atoms with Gasteiger partial charge in [0, 0.05) is 134 Å². The summed E-state index contributed by atoms with van der Waals surface area (Å²) >= 11 is 1.09. The molecule has 8 aliphatic rings. The maximum Gasteiger partial charge on any atom is 0.191 e. The van der Waals surface area contributed by atoms with Crippen molar-refractivity contribution in [3.63, 3.8) is 0 Å². The Morgan fingerprint density at radius 3 is 0.854 bits per heavy atom. The molecule has 24 atom stereocenters. The van der Waals surface area contributed by atoms with E-state index < -0.39 is 500 Å². The summed E-state index contributed by atoms with van der Waals surface area (Å²) in [4.78, 5) is 32.3. The van der Waals surface area contributed by atoms with E-state index in [1.54, 1.807) is 0 Å². The van der Waals surface area contributed by atoms with Crippen molar-refractivity contribution in [2.75, 3.05) is 96.8 Å². The number of hydrogen-bond acceptors (Lipinski definition) is 40. The summed E-state index contributed by atoms with van der Waals surface area (Å²) in [5.74, 6) is -20.8. The number of aliphatic hydroxyl groups excluding tert-OH is 2. The fraction of sp³-hybridized carbons (Fsp3) is 0.583. The van der Waals surface area contributed by atoms with E-state index in [-0.39, 0.29) is 79.7 Å². The lowest BCUT2D eigenvalue weighted by atomic mass is 10.1. The van der Waals surface area contributed by atoms with Crippen molar-refractivity contribution in [2.24, 2.45) is 0 Å². The molecule has 4 aromatic carbocycles. The molecule has 0 spiro atoms. The Morgan fingerprint density at radius 1 is 0.354 bits per heavy atom. The zero-order valence-corrected chi connectivity index (χ0v) is 78.0. The molecule has 8 heterocycles. The Balaban J connectivity index is 0.000000182. The van der Waals surface area contributed by atoms with Crippen LogP contribution >= 0.6 is 47.0 Å².